The van der Waals surface area contributed by atoms with E-state index >= 15 is 0 Å². The highest BCUT2D eigenvalue weighted by molar-refractivity contribution is 7.89. The van der Waals surface area contributed by atoms with Crippen LogP contribution in [0.1, 0.15) is 26.2 Å². The van der Waals surface area contributed by atoms with Crippen LogP contribution in [0.15, 0.2) is 24.3 Å². The number of unbranched alkanes of at least 4 members (excludes halogenated alkanes) is 1. The fourth-order valence-electron chi connectivity index (χ4n) is 1.56. The number of nitrogens with one attached hydrogen (secondary N) is 1. The minimum absolute atomic E-state index is 0.0456. The molecule has 0 aliphatic heterocycles. The molecule has 0 aromatic heterocycles. The fourth-order valence-corrected chi connectivity index (χ4v) is 3.13. The van der Waals surface area contributed by atoms with E-state index in [0.717, 1.165) is 6.42 Å². The second-order valence-corrected chi connectivity index (χ2v) is 5.88. The second-order valence-electron chi connectivity index (χ2n) is 4.04. The Morgan fingerprint density at radius 3 is 2.65 bits per heavy atom. The highest BCUT2D eigenvalue weighted by Gasteiger charge is 2.39. The maximum absolute atomic E-state index is 11.7. The van der Waals surface area contributed by atoms with E-state index < -0.39 is 21.5 Å². The molecule has 96 valence electrons. The van der Waals surface area contributed by atoms with Crippen LogP contribution < -0.4 is 4.72 Å². The van der Waals surface area contributed by atoms with Crippen molar-refractivity contribution < 1.29 is 18.3 Å². The van der Waals surface area contributed by atoms with Gasteiger partial charge in [0.25, 0.3) is 0 Å². The van der Waals surface area contributed by atoms with Gasteiger partial charge in [-0.25, -0.2) is 13.2 Å². The number of carboxylic acid groups (broad SMARTS) is 1. The van der Waals surface area contributed by atoms with E-state index in [4.69, 9.17) is 5.11 Å². The van der Waals surface area contributed by atoms with Crippen LogP contribution in [0.2, 0.25) is 0 Å². The van der Waals surface area contributed by atoms with Crippen molar-refractivity contribution >= 4 is 16.0 Å². The van der Waals surface area contributed by atoms with E-state index in [2.05, 4.69) is 4.72 Å². The number of carboxylic acids is 1. The summed E-state index contributed by atoms with van der Waals surface area (Å²) in [6, 6.07) is 0. The summed E-state index contributed by atoms with van der Waals surface area (Å²) in [6.45, 7) is 1.88. The summed E-state index contributed by atoms with van der Waals surface area (Å²) in [7, 11) is -3.56. The van der Waals surface area contributed by atoms with Crippen LogP contribution in [0.4, 0.5) is 0 Å². The lowest BCUT2D eigenvalue weighted by molar-refractivity contribution is -0.141. The zero-order chi connectivity index (χ0) is 12.9. The first-order valence-electron chi connectivity index (χ1n) is 5.51. The molecule has 0 heterocycles. The van der Waals surface area contributed by atoms with Crippen LogP contribution in [-0.4, -0.2) is 30.8 Å². The summed E-state index contributed by atoms with van der Waals surface area (Å²) in [5.74, 6) is -1.23. The van der Waals surface area contributed by atoms with Gasteiger partial charge in [-0.15, -0.1) is 0 Å². The average molecular weight is 259 g/mol. The van der Waals surface area contributed by atoms with Gasteiger partial charge in [0.05, 0.1) is 5.75 Å². The first-order chi connectivity index (χ1) is 7.92. The van der Waals surface area contributed by atoms with E-state index in [1.165, 1.54) is 6.08 Å². The molecule has 0 bridgehead atoms. The van der Waals surface area contributed by atoms with Crippen molar-refractivity contribution in [3.8, 4) is 0 Å². The SMILES string of the molecule is CCCCS(=O)(=O)NC1(C(=O)O)C=CC=CC1. The molecule has 0 saturated carbocycles. The van der Waals surface area contributed by atoms with Gasteiger partial charge in [-0.05, 0) is 12.8 Å². The topological polar surface area (TPSA) is 83.5 Å². The Hall–Kier alpha value is -1.14. The summed E-state index contributed by atoms with van der Waals surface area (Å²) in [6.07, 6.45) is 7.64. The summed E-state index contributed by atoms with van der Waals surface area (Å²) < 4.78 is 25.7. The molecule has 17 heavy (non-hydrogen) atoms. The van der Waals surface area contributed by atoms with Gasteiger partial charge in [0, 0.05) is 0 Å². The molecule has 5 nitrogen and oxygen atoms in total. The van der Waals surface area contributed by atoms with E-state index in [1.807, 2.05) is 6.92 Å². The first-order valence-corrected chi connectivity index (χ1v) is 7.16. The Kier molecular flexibility index (Phi) is 4.47. The monoisotopic (exact) mass is 259 g/mol. The molecule has 0 radical (unpaired) electrons. The predicted molar refractivity (Wildman–Crippen MR) is 65.1 cm³/mol. The predicted octanol–water partition coefficient (Wildman–Crippen LogP) is 1.05. The molecule has 6 heteroatoms. The lowest BCUT2D eigenvalue weighted by Crippen LogP contribution is -2.53. The number of carbonyl (C=O) groups is 1. The number of aliphatic carboxylic acids is 1. The van der Waals surface area contributed by atoms with Crippen LogP contribution in [0.3, 0.4) is 0 Å². The summed E-state index contributed by atoms with van der Waals surface area (Å²) >= 11 is 0. The van der Waals surface area contributed by atoms with Gasteiger partial charge in [0.1, 0.15) is 0 Å². The maximum Gasteiger partial charge on any atom is 0.329 e. The standard InChI is InChI=1S/C11H17NO4S/c1-2-3-9-17(15,16)12-11(10(13)14)7-5-4-6-8-11/h4-7,12H,2-3,8-9H2,1H3,(H,13,14). The number of hydrogen-bond acceptors (Lipinski definition) is 3. The second kappa shape index (κ2) is 5.46. The molecule has 1 aliphatic carbocycles. The van der Waals surface area contributed by atoms with Crippen molar-refractivity contribution in [2.45, 2.75) is 31.7 Å². The molecule has 0 fully saturated rings. The normalized spacial score (nSPS) is 23.8. The van der Waals surface area contributed by atoms with E-state index in [0.29, 0.717) is 6.42 Å². The largest absolute Gasteiger partial charge is 0.480 e. The first kappa shape index (κ1) is 13.9. The zero-order valence-corrected chi connectivity index (χ0v) is 10.5. The Balaban J connectivity index is 2.85. The number of hydrogen-bond donors (Lipinski definition) is 2. The van der Waals surface area contributed by atoms with Gasteiger partial charge in [0.15, 0.2) is 5.54 Å². The fraction of sp³-hybridized carbons (Fsp3) is 0.545. The van der Waals surface area contributed by atoms with Crippen molar-refractivity contribution in [1.29, 1.82) is 0 Å². The van der Waals surface area contributed by atoms with Gasteiger partial charge in [-0.2, -0.15) is 4.72 Å². The van der Waals surface area contributed by atoms with Crippen molar-refractivity contribution in [3.05, 3.63) is 24.3 Å². The summed E-state index contributed by atoms with van der Waals surface area (Å²) in [5, 5.41) is 9.17. The quantitative estimate of drug-likeness (QED) is 0.746. The highest BCUT2D eigenvalue weighted by atomic mass is 32.2. The van der Waals surface area contributed by atoms with Crippen molar-refractivity contribution in [1.82, 2.24) is 4.72 Å². The molecule has 0 spiro atoms. The van der Waals surface area contributed by atoms with Crippen molar-refractivity contribution in [3.63, 3.8) is 0 Å². The highest BCUT2D eigenvalue weighted by Crippen LogP contribution is 2.19. The van der Waals surface area contributed by atoms with Gasteiger partial charge < -0.3 is 5.11 Å². The number of rotatable bonds is 6. The Morgan fingerprint density at radius 2 is 2.18 bits per heavy atom. The third-order valence-corrected chi connectivity index (χ3v) is 4.06. The smallest absolute Gasteiger partial charge is 0.329 e. The molecule has 0 amide bonds. The summed E-state index contributed by atoms with van der Waals surface area (Å²) in [5.41, 5.74) is -1.53. The summed E-state index contributed by atoms with van der Waals surface area (Å²) in [4.78, 5) is 11.2. The third-order valence-electron chi connectivity index (χ3n) is 2.55. The molecular weight excluding hydrogens is 242 g/mol. The number of allylic oxidation sites excluding steroid dienone is 2. The lowest BCUT2D eigenvalue weighted by atomic mass is 9.93. The molecule has 0 aromatic rings. The minimum Gasteiger partial charge on any atom is -0.480 e. The minimum atomic E-state index is -3.56. The average Bonchev–Trinajstić information content (AvgIpc) is 2.27. The maximum atomic E-state index is 11.7. The molecule has 1 aliphatic rings. The van der Waals surface area contributed by atoms with Crippen LogP contribution >= 0.6 is 0 Å². The van der Waals surface area contributed by atoms with E-state index in [1.54, 1.807) is 18.2 Å². The van der Waals surface area contributed by atoms with Crippen molar-refractivity contribution in [2.24, 2.45) is 0 Å². The van der Waals surface area contributed by atoms with E-state index in [9.17, 15) is 13.2 Å². The van der Waals surface area contributed by atoms with Crippen LogP contribution in [0, 0.1) is 0 Å². The molecule has 1 unspecified atom stereocenters. The molecule has 1 rings (SSSR count). The Labute approximate surface area is 101 Å². The lowest BCUT2D eigenvalue weighted by Gasteiger charge is -2.27. The zero-order valence-electron chi connectivity index (χ0n) is 9.72. The van der Waals surface area contributed by atoms with Gasteiger partial charge in [-0.1, -0.05) is 37.6 Å². The molecule has 0 saturated heterocycles. The molecular formula is C11H17NO4S. The van der Waals surface area contributed by atoms with Gasteiger partial charge in [0.2, 0.25) is 10.0 Å². The number of sulfonamides is 1. The van der Waals surface area contributed by atoms with Gasteiger partial charge in [-0.3, -0.25) is 0 Å². The van der Waals surface area contributed by atoms with Crippen LogP contribution in [-0.2, 0) is 14.8 Å². The Morgan fingerprint density at radius 1 is 1.47 bits per heavy atom. The third kappa shape index (κ3) is 3.67. The van der Waals surface area contributed by atoms with Crippen molar-refractivity contribution in [2.75, 3.05) is 5.75 Å². The van der Waals surface area contributed by atoms with Gasteiger partial charge >= 0.3 is 5.97 Å². The molecule has 0 aromatic carbocycles. The molecule has 1 atom stereocenters. The van der Waals surface area contributed by atoms with E-state index in [-0.39, 0.29) is 12.2 Å². The van der Waals surface area contributed by atoms with Crippen LogP contribution in [0.5, 0.6) is 0 Å². The Bertz CT molecular complexity index is 438. The van der Waals surface area contributed by atoms with Crippen LogP contribution in [0.25, 0.3) is 0 Å². The molecule has 2 N–H and O–H groups in total.